The van der Waals surface area contributed by atoms with E-state index >= 15 is 0 Å². The maximum Gasteiger partial charge on any atom is 0.183 e. The maximum absolute atomic E-state index is 5.52. The molecule has 0 bridgehead atoms. The molecule has 1 aliphatic heterocycles. The molecule has 1 aromatic carbocycles. The van der Waals surface area contributed by atoms with Gasteiger partial charge in [0.15, 0.2) is 19.0 Å². The zero-order valence-corrected chi connectivity index (χ0v) is 18.4. The summed E-state index contributed by atoms with van der Waals surface area (Å²) < 4.78 is 9.50. The Labute approximate surface area is 203 Å². The van der Waals surface area contributed by atoms with Gasteiger partial charge in [0.1, 0.15) is 18.5 Å². The molecule has 2 aliphatic carbocycles. The van der Waals surface area contributed by atoms with Gasteiger partial charge in [0.2, 0.25) is 0 Å². The molecular weight excluding hydrogens is 466 g/mol. The maximum atomic E-state index is 5.52. The fourth-order valence-electron chi connectivity index (χ4n) is 3.04. The molecule has 5 heterocycles. The van der Waals surface area contributed by atoms with Gasteiger partial charge in [0.05, 0.1) is 23.9 Å². The Morgan fingerprint density at radius 2 is 1.39 bits per heavy atom. The van der Waals surface area contributed by atoms with Crippen molar-refractivity contribution in [2.24, 2.45) is 0 Å². The summed E-state index contributed by atoms with van der Waals surface area (Å²) >= 11 is 0. The summed E-state index contributed by atoms with van der Waals surface area (Å²) in [5.41, 5.74) is 5.62. The van der Waals surface area contributed by atoms with E-state index in [2.05, 4.69) is 108 Å². The van der Waals surface area contributed by atoms with Crippen LogP contribution in [0.2, 0.25) is 0 Å². The molecule has 0 saturated carbocycles. The summed E-state index contributed by atoms with van der Waals surface area (Å²) in [4.78, 5) is 3.61. The molecule has 178 valence electrons. The van der Waals surface area contributed by atoms with Gasteiger partial charge >= 0.3 is 0 Å². The zero-order chi connectivity index (χ0) is 24.7. The third-order valence-corrected chi connectivity index (χ3v) is 4.44. The fraction of sp³-hybridized carbons (Fsp3) is 0.0952. The van der Waals surface area contributed by atoms with Gasteiger partial charge in [-0.15, -0.1) is 35.7 Å². The molecule has 0 radical (unpaired) electrons. The van der Waals surface area contributed by atoms with Crippen LogP contribution in [0.3, 0.4) is 0 Å². The van der Waals surface area contributed by atoms with Crippen LogP contribution in [0.5, 0.6) is 0 Å². The minimum atomic E-state index is 0.382. The first-order valence-electron chi connectivity index (χ1n) is 10.3. The molecular formula is C21H17N13O2. The molecule has 3 aliphatic rings. The SMILES string of the molecule is C1=CC2OC2C2=C1c1ccccc12.c1cnncn1.c1cnnnc1.c1nncnn1.c1nnon1. The number of ether oxygens (including phenoxy) is 1. The molecule has 1 saturated heterocycles. The zero-order valence-electron chi connectivity index (χ0n) is 18.4. The lowest BCUT2D eigenvalue weighted by Gasteiger charge is -2.26. The van der Waals surface area contributed by atoms with Crippen molar-refractivity contribution in [2.75, 3.05) is 0 Å². The minimum absolute atomic E-state index is 0.382. The number of nitrogens with zero attached hydrogens (tertiary/aromatic N) is 13. The molecule has 2 unspecified atom stereocenters. The predicted molar refractivity (Wildman–Crippen MR) is 120 cm³/mol. The van der Waals surface area contributed by atoms with E-state index in [0.717, 1.165) is 0 Å². The molecule has 8 rings (SSSR count). The van der Waals surface area contributed by atoms with Crippen LogP contribution >= 0.6 is 0 Å². The predicted octanol–water partition coefficient (Wildman–Crippen LogP) is 0.722. The highest BCUT2D eigenvalue weighted by molar-refractivity contribution is 6.10. The number of aromatic nitrogens is 13. The summed E-state index contributed by atoms with van der Waals surface area (Å²) in [6.07, 6.45) is 16.6. The Kier molecular flexibility index (Phi) is 8.88. The van der Waals surface area contributed by atoms with Crippen molar-refractivity contribution in [3.05, 3.63) is 104 Å². The van der Waals surface area contributed by atoms with Gasteiger partial charge < -0.3 is 4.74 Å². The van der Waals surface area contributed by atoms with Crippen LogP contribution < -0.4 is 0 Å². The van der Waals surface area contributed by atoms with Gasteiger partial charge in [0.25, 0.3) is 0 Å². The molecule has 0 amide bonds. The second kappa shape index (κ2) is 13.4. The van der Waals surface area contributed by atoms with Crippen molar-refractivity contribution in [3.8, 4) is 0 Å². The van der Waals surface area contributed by atoms with Crippen molar-refractivity contribution in [3.63, 3.8) is 0 Å². The largest absolute Gasteiger partial charge is 0.360 e. The topological polar surface area (TPSA) is 193 Å². The summed E-state index contributed by atoms with van der Waals surface area (Å²) in [6.45, 7) is 0. The van der Waals surface area contributed by atoms with Crippen molar-refractivity contribution in [2.45, 2.75) is 12.2 Å². The van der Waals surface area contributed by atoms with Crippen LogP contribution in [0.1, 0.15) is 11.1 Å². The molecule has 1 fully saturated rings. The van der Waals surface area contributed by atoms with Gasteiger partial charge in [0, 0.05) is 6.20 Å². The Morgan fingerprint density at radius 1 is 0.639 bits per heavy atom. The number of fused-ring (bicyclic) bond motifs is 5. The molecule has 5 aromatic rings. The molecule has 15 nitrogen and oxygen atoms in total. The highest BCUT2D eigenvalue weighted by Gasteiger charge is 2.47. The standard InChI is InChI=1S/C12H8O.2C3H3N3.C2H2N4.CHN3O/c1-2-4-8-7(3-1)9-5-6-10-12(13-10)11(8)9;1-2-5-6-3-4-1;1-2-4-6-5-3-1;1-3-5-2-6-4-1;1-2-4-5-3-1/h1-6,10,12H;2*1-3H;1-2H;1H. The van der Waals surface area contributed by atoms with E-state index in [-0.39, 0.29) is 0 Å². The van der Waals surface area contributed by atoms with Crippen LogP contribution in [-0.2, 0) is 4.74 Å². The number of epoxide rings is 1. The highest BCUT2D eigenvalue weighted by Crippen LogP contribution is 2.52. The quantitative estimate of drug-likeness (QED) is 0.279. The average Bonchev–Trinajstić information content (AvgIpc) is 3.47. The van der Waals surface area contributed by atoms with Gasteiger partial charge in [-0.3, -0.25) is 0 Å². The van der Waals surface area contributed by atoms with Gasteiger partial charge in [-0.25, -0.2) is 9.61 Å². The first kappa shape index (κ1) is 23.8. The Bertz CT molecular complexity index is 1150. The second-order valence-corrected chi connectivity index (χ2v) is 6.55. The van der Waals surface area contributed by atoms with Crippen LogP contribution in [0.25, 0.3) is 11.1 Å². The van der Waals surface area contributed by atoms with Crippen molar-refractivity contribution < 1.29 is 9.37 Å². The van der Waals surface area contributed by atoms with Crippen LogP contribution in [0, 0.1) is 0 Å². The highest BCUT2D eigenvalue weighted by atomic mass is 16.6. The third kappa shape index (κ3) is 7.09. The van der Waals surface area contributed by atoms with E-state index in [1.807, 2.05) is 0 Å². The summed E-state index contributed by atoms with van der Waals surface area (Å²) in [5.74, 6) is 0. The van der Waals surface area contributed by atoms with E-state index in [1.165, 1.54) is 53.8 Å². The smallest absolute Gasteiger partial charge is 0.183 e. The molecule has 0 spiro atoms. The fourth-order valence-corrected chi connectivity index (χ4v) is 3.04. The molecule has 0 N–H and O–H groups in total. The van der Waals surface area contributed by atoms with Crippen molar-refractivity contribution >= 4 is 11.1 Å². The monoisotopic (exact) mass is 483 g/mol. The lowest BCUT2D eigenvalue weighted by molar-refractivity contribution is 0.292. The van der Waals surface area contributed by atoms with E-state index in [0.29, 0.717) is 12.2 Å². The van der Waals surface area contributed by atoms with E-state index in [1.54, 1.807) is 24.7 Å². The molecule has 15 heteroatoms. The third-order valence-electron chi connectivity index (χ3n) is 4.44. The Hall–Kier alpha value is -5.31. The Morgan fingerprint density at radius 3 is 1.83 bits per heavy atom. The first-order valence-corrected chi connectivity index (χ1v) is 10.3. The normalized spacial score (nSPS) is 16.6. The summed E-state index contributed by atoms with van der Waals surface area (Å²) in [5, 5.41) is 39.8. The van der Waals surface area contributed by atoms with E-state index in [9.17, 15) is 0 Å². The van der Waals surface area contributed by atoms with Gasteiger partial charge in [-0.1, -0.05) is 41.5 Å². The number of rotatable bonds is 0. The number of hydrogen-bond donors (Lipinski definition) is 0. The van der Waals surface area contributed by atoms with Crippen LogP contribution in [0.4, 0.5) is 0 Å². The lowest BCUT2D eigenvalue weighted by atomic mass is 9.76. The van der Waals surface area contributed by atoms with Gasteiger partial charge in [-0.2, -0.15) is 5.10 Å². The van der Waals surface area contributed by atoms with Crippen LogP contribution in [0.15, 0.2) is 97.2 Å². The number of benzene rings is 1. The van der Waals surface area contributed by atoms with Crippen molar-refractivity contribution in [1.82, 2.24) is 66.5 Å². The Balaban J connectivity index is 0.000000114. The lowest BCUT2D eigenvalue weighted by Crippen LogP contribution is -2.13. The average molecular weight is 483 g/mol. The van der Waals surface area contributed by atoms with Gasteiger partial charge in [-0.05, 0) is 38.7 Å². The van der Waals surface area contributed by atoms with Crippen LogP contribution in [-0.4, -0.2) is 78.7 Å². The summed E-state index contributed by atoms with van der Waals surface area (Å²) in [7, 11) is 0. The van der Waals surface area contributed by atoms with Crippen molar-refractivity contribution in [1.29, 1.82) is 0 Å². The molecule has 4 aromatic heterocycles. The molecule has 2 atom stereocenters. The number of hydrogen-bond acceptors (Lipinski definition) is 15. The van der Waals surface area contributed by atoms with E-state index in [4.69, 9.17) is 4.74 Å². The first-order chi connectivity index (χ1) is 17.9. The van der Waals surface area contributed by atoms with E-state index < -0.39 is 0 Å². The summed E-state index contributed by atoms with van der Waals surface area (Å²) in [6, 6.07) is 10.3. The second-order valence-electron chi connectivity index (χ2n) is 6.55. The number of allylic oxidation sites excluding steroid dienone is 2. The minimum Gasteiger partial charge on any atom is -0.360 e. The molecule has 36 heavy (non-hydrogen) atoms.